The van der Waals surface area contributed by atoms with Crippen molar-refractivity contribution >= 4 is 37.4 Å². The van der Waals surface area contributed by atoms with Crippen LogP contribution in [0.3, 0.4) is 0 Å². The van der Waals surface area contributed by atoms with Crippen LogP contribution in [0.1, 0.15) is 11.1 Å². The maximum Gasteiger partial charge on any atom is 0.524 e. The Morgan fingerprint density at radius 3 is 1.90 bits per heavy atom. The number of aliphatic carboxylic acids is 1. The van der Waals surface area contributed by atoms with Gasteiger partial charge in [-0.1, -0.05) is 42.5 Å². The number of aliphatic hydroxyl groups excluding tert-OH is 1. The minimum absolute atomic E-state index is 0.0136. The summed E-state index contributed by atoms with van der Waals surface area (Å²) in [7, 11) is -4.83. The Labute approximate surface area is 275 Å². The number of carbonyl (C=O) groups is 5. The number of nitrogens with two attached hydrogens (primary N) is 1. The van der Waals surface area contributed by atoms with Crippen LogP contribution in [-0.4, -0.2) is 114 Å². The molecule has 0 bridgehead atoms. The van der Waals surface area contributed by atoms with E-state index in [0.29, 0.717) is 24.3 Å². The van der Waals surface area contributed by atoms with Crippen LogP contribution in [0.5, 0.6) is 5.75 Å². The topological polar surface area (TPSA) is 285 Å². The predicted molar refractivity (Wildman–Crippen MR) is 167 cm³/mol. The zero-order valence-electron chi connectivity index (χ0n) is 25.8. The average Bonchev–Trinajstić information content (AvgIpc) is 3.03. The summed E-state index contributed by atoms with van der Waals surface area (Å²) in [4.78, 5) is 80.9. The molecule has 0 unspecified atom stereocenters. The van der Waals surface area contributed by atoms with Gasteiger partial charge in [0.1, 0.15) is 37.0 Å². The van der Waals surface area contributed by atoms with E-state index < -0.39 is 75.3 Å². The van der Waals surface area contributed by atoms with Gasteiger partial charge in [0, 0.05) is 19.4 Å². The molecule has 0 radical (unpaired) electrons. The van der Waals surface area contributed by atoms with E-state index in [2.05, 4.69) is 25.8 Å². The van der Waals surface area contributed by atoms with Crippen molar-refractivity contribution < 1.29 is 62.5 Å². The first-order valence-electron chi connectivity index (χ1n) is 14.5. The quantitative estimate of drug-likeness (QED) is 0.0458. The lowest BCUT2D eigenvalue weighted by atomic mass is 10.0. The van der Waals surface area contributed by atoms with Crippen LogP contribution in [0.25, 0.3) is 0 Å². The number of ether oxygens (including phenoxy) is 2. The summed E-state index contributed by atoms with van der Waals surface area (Å²) in [6.07, 6.45) is -0.219. The second kappa shape index (κ2) is 20.7. The first-order chi connectivity index (χ1) is 22.8. The van der Waals surface area contributed by atoms with Crippen molar-refractivity contribution in [2.45, 2.75) is 31.0 Å². The average molecular weight is 698 g/mol. The highest BCUT2D eigenvalue weighted by Crippen LogP contribution is 2.37. The van der Waals surface area contributed by atoms with Gasteiger partial charge in [-0.15, -0.1) is 0 Å². The summed E-state index contributed by atoms with van der Waals surface area (Å²) in [5.41, 5.74) is 6.38. The van der Waals surface area contributed by atoms with E-state index in [0.717, 1.165) is 0 Å². The third kappa shape index (κ3) is 15.9. The first-order valence-corrected chi connectivity index (χ1v) is 16.1. The van der Waals surface area contributed by atoms with E-state index in [1.54, 1.807) is 30.3 Å². The third-order valence-corrected chi connectivity index (χ3v) is 6.70. The van der Waals surface area contributed by atoms with Crippen molar-refractivity contribution in [2.24, 2.45) is 5.73 Å². The lowest BCUT2D eigenvalue weighted by Gasteiger charge is -2.24. The number of amides is 4. The highest BCUT2D eigenvalue weighted by atomic mass is 31.2. The maximum atomic E-state index is 13.3. The Morgan fingerprint density at radius 2 is 1.31 bits per heavy atom. The van der Waals surface area contributed by atoms with Gasteiger partial charge in [-0.3, -0.25) is 33.8 Å². The van der Waals surface area contributed by atoms with Gasteiger partial charge < -0.3 is 51.2 Å². The number of nitrogens with one attached hydrogen (secondary N) is 4. The molecule has 48 heavy (non-hydrogen) atoms. The highest BCUT2D eigenvalue weighted by Gasteiger charge is 2.30. The lowest BCUT2D eigenvalue weighted by Crippen LogP contribution is -2.58. The number of hydrogen-bond acceptors (Lipinski definition) is 11. The summed E-state index contributed by atoms with van der Waals surface area (Å²) in [6, 6.07) is 9.57. The molecular weight excluding hydrogens is 657 g/mol. The van der Waals surface area contributed by atoms with Crippen LogP contribution in [0.2, 0.25) is 0 Å². The molecule has 19 heteroatoms. The molecule has 3 atom stereocenters. The summed E-state index contributed by atoms with van der Waals surface area (Å²) in [5.74, 6) is -4.92. The number of rotatable bonds is 22. The van der Waals surface area contributed by atoms with Crippen molar-refractivity contribution in [2.75, 3.05) is 46.1 Å². The molecule has 0 saturated heterocycles. The molecule has 264 valence electrons. The van der Waals surface area contributed by atoms with Crippen LogP contribution in [-0.2, 0) is 50.9 Å². The molecule has 0 saturated carbocycles. The van der Waals surface area contributed by atoms with Crippen LogP contribution >= 0.6 is 7.82 Å². The maximum absolute atomic E-state index is 13.3. The van der Waals surface area contributed by atoms with E-state index >= 15 is 0 Å². The van der Waals surface area contributed by atoms with Gasteiger partial charge in [0.2, 0.25) is 23.6 Å². The van der Waals surface area contributed by atoms with E-state index in [9.17, 15) is 33.6 Å². The summed E-state index contributed by atoms with van der Waals surface area (Å²) in [6.45, 7) is -1.12. The van der Waals surface area contributed by atoms with E-state index in [4.69, 9.17) is 30.1 Å². The number of hydrogen-bond donors (Lipinski definition) is 9. The fraction of sp³-hybridized carbons (Fsp3) is 0.414. The second-order valence-electron chi connectivity index (χ2n) is 10.1. The molecule has 2 aromatic rings. The van der Waals surface area contributed by atoms with Crippen molar-refractivity contribution in [1.29, 1.82) is 0 Å². The van der Waals surface area contributed by atoms with E-state index in [1.165, 1.54) is 24.3 Å². The van der Waals surface area contributed by atoms with Crippen molar-refractivity contribution in [1.82, 2.24) is 21.3 Å². The zero-order valence-corrected chi connectivity index (χ0v) is 26.7. The molecule has 0 aliphatic rings. The SMILES string of the molecule is NCCOCCOCC(=O)N[C@@H](Cc1ccccc1)C(=O)N[C@@H](CO)C(=O)N[C@@H](Cc1ccc(OP(=O)(O)O)cc1)C(=O)NCC(=O)O. The fourth-order valence-corrected chi connectivity index (χ4v) is 4.45. The molecule has 2 aromatic carbocycles. The Morgan fingerprint density at radius 1 is 0.750 bits per heavy atom. The van der Waals surface area contributed by atoms with E-state index in [1.807, 2.05) is 0 Å². The number of phosphoric acid groups is 1. The zero-order chi connectivity index (χ0) is 35.5. The molecule has 0 aliphatic heterocycles. The molecule has 0 fully saturated rings. The van der Waals surface area contributed by atoms with Crippen molar-refractivity contribution in [3.63, 3.8) is 0 Å². The van der Waals surface area contributed by atoms with E-state index in [-0.39, 0.29) is 31.8 Å². The van der Waals surface area contributed by atoms with Crippen LogP contribution in [0, 0.1) is 0 Å². The molecule has 0 aliphatic carbocycles. The van der Waals surface area contributed by atoms with Gasteiger partial charge in [-0.25, -0.2) is 4.57 Å². The van der Waals surface area contributed by atoms with Crippen LogP contribution in [0.4, 0.5) is 0 Å². The third-order valence-electron chi connectivity index (χ3n) is 6.25. The molecule has 0 aromatic heterocycles. The Balaban J connectivity index is 2.15. The molecule has 18 nitrogen and oxygen atoms in total. The van der Waals surface area contributed by atoms with Gasteiger partial charge in [0.05, 0.1) is 26.4 Å². The van der Waals surface area contributed by atoms with Crippen molar-refractivity contribution in [3.05, 3.63) is 65.7 Å². The molecular formula is C29H40N5O13P. The molecule has 0 spiro atoms. The number of carbonyl (C=O) groups excluding carboxylic acids is 4. The van der Waals surface area contributed by atoms with Crippen LogP contribution < -0.4 is 31.5 Å². The van der Waals surface area contributed by atoms with Crippen LogP contribution in [0.15, 0.2) is 54.6 Å². The second-order valence-corrected chi connectivity index (χ2v) is 11.3. The van der Waals surface area contributed by atoms with Gasteiger partial charge >= 0.3 is 13.8 Å². The lowest BCUT2D eigenvalue weighted by molar-refractivity contribution is -0.138. The number of carboxylic acid groups (broad SMARTS) is 1. The summed E-state index contributed by atoms with van der Waals surface area (Å²) < 4.78 is 26.0. The smallest absolute Gasteiger partial charge is 0.480 e. The molecule has 2 rings (SSSR count). The highest BCUT2D eigenvalue weighted by molar-refractivity contribution is 7.46. The Kier molecular flexibility index (Phi) is 17.2. The van der Waals surface area contributed by atoms with Gasteiger partial charge in [0.25, 0.3) is 0 Å². The fourth-order valence-electron chi connectivity index (χ4n) is 4.06. The number of carboxylic acids is 1. The first kappa shape index (κ1) is 39.8. The summed E-state index contributed by atoms with van der Waals surface area (Å²) >= 11 is 0. The molecule has 0 heterocycles. The van der Waals surface area contributed by atoms with Gasteiger partial charge in [-0.2, -0.15) is 0 Å². The summed E-state index contributed by atoms with van der Waals surface area (Å²) in [5, 5.41) is 28.4. The number of aliphatic hydroxyl groups is 1. The normalized spacial score (nSPS) is 13.0. The molecule has 10 N–H and O–H groups in total. The minimum Gasteiger partial charge on any atom is -0.480 e. The minimum atomic E-state index is -4.83. The predicted octanol–water partition coefficient (Wildman–Crippen LogP) is -2.42. The Bertz CT molecular complexity index is 1390. The number of benzene rings is 2. The Hall–Kier alpha value is -4.42. The number of phosphoric ester groups is 1. The standard InChI is InChI=1S/C29H40N5O13P/c30-10-11-45-12-13-46-18-25(36)32-23(14-19-4-2-1-3-5-19)28(40)34-24(17-35)29(41)33-22(27(39)31-16-26(37)38)15-20-6-8-21(9-7-20)47-48(42,43)44/h1-9,22-24,35H,10-18,30H2,(H,31,39)(H,32,36)(H,33,41)(H,34,40)(H,37,38)(H2,42,43,44)/t22-,23-,24-/m0/s1. The van der Waals surface area contributed by atoms with Gasteiger partial charge in [0.15, 0.2) is 0 Å². The molecule has 4 amide bonds. The van der Waals surface area contributed by atoms with Crippen molar-refractivity contribution in [3.8, 4) is 5.75 Å². The van der Waals surface area contributed by atoms with Gasteiger partial charge in [-0.05, 0) is 23.3 Å². The largest absolute Gasteiger partial charge is 0.524 e. The monoisotopic (exact) mass is 697 g/mol.